The lowest BCUT2D eigenvalue weighted by Gasteiger charge is -2.27. The van der Waals surface area contributed by atoms with Crippen LogP contribution in [0.1, 0.15) is 32.8 Å². The highest BCUT2D eigenvalue weighted by Gasteiger charge is 2.37. The number of nitro benzene ring substituents is 1. The van der Waals surface area contributed by atoms with Crippen molar-refractivity contribution in [1.82, 2.24) is 4.90 Å². The van der Waals surface area contributed by atoms with E-state index in [1.54, 1.807) is 20.8 Å². The molecule has 0 spiro atoms. The fourth-order valence-corrected chi connectivity index (χ4v) is 2.81. The van der Waals surface area contributed by atoms with Gasteiger partial charge in [-0.25, -0.2) is 4.79 Å². The zero-order chi connectivity index (χ0) is 20.4. The van der Waals surface area contributed by atoms with Crippen molar-refractivity contribution in [3.05, 3.63) is 33.9 Å². The summed E-state index contributed by atoms with van der Waals surface area (Å²) in [5, 5.41) is 10.8. The highest BCUT2D eigenvalue weighted by molar-refractivity contribution is 5.68. The lowest BCUT2D eigenvalue weighted by molar-refractivity contribution is -0.385. The molecule has 1 aromatic carbocycles. The number of carbonyl (C=O) groups is 1. The Kier molecular flexibility index (Phi) is 5.86. The molecule has 10 heteroatoms. The first-order valence-electron chi connectivity index (χ1n) is 8.47. The van der Waals surface area contributed by atoms with Crippen LogP contribution in [0.3, 0.4) is 0 Å². The van der Waals surface area contributed by atoms with Crippen molar-refractivity contribution < 1.29 is 27.6 Å². The summed E-state index contributed by atoms with van der Waals surface area (Å²) < 4.78 is 45.5. The van der Waals surface area contributed by atoms with Gasteiger partial charge in [0.05, 0.1) is 10.5 Å². The third-order valence-electron chi connectivity index (χ3n) is 3.98. The number of hydrogen-bond donors (Lipinski definition) is 0. The summed E-state index contributed by atoms with van der Waals surface area (Å²) in [6.07, 6.45) is -4.78. The standard InChI is InChI=1S/C17H22F3N3O4/c1-16(2,3)27-15(24)22-8-4-7-21(9-10-22)14-6-5-12(23(25)26)11-13(14)17(18,19)20/h5-6,11H,4,7-10H2,1-3H3. The van der Waals surface area contributed by atoms with Crippen LogP contribution in [0.5, 0.6) is 0 Å². The second-order valence-corrected chi connectivity index (χ2v) is 7.26. The van der Waals surface area contributed by atoms with Gasteiger partial charge in [-0.2, -0.15) is 13.2 Å². The molecule has 27 heavy (non-hydrogen) atoms. The van der Waals surface area contributed by atoms with Gasteiger partial charge < -0.3 is 14.5 Å². The molecule has 1 aliphatic heterocycles. The number of benzene rings is 1. The molecule has 0 atom stereocenters. The maximum Gasteiger partial charge on any atom is 0.418 e. The molecular formula is C17H22F3N3O4. The Balaban J connectivity index is 2.22. The van der Waals surface area contributed by atoms with Gasteiger partial charge in [-0.05, 0) is 33.3 Å². The summed E-state index contributed by atoms with van der Waals surface area (Å²) in [7, 11) is 0. The zero-order valence-corrected chi connectivity index (χ0v) is 15.4. The molecule has 7 nitrogen and oxygen atoms in total. The van der Waals surface area contributed by atoms with E-state index in [1.165, 1.54) is 9.80 Å². The first kappa shape index (κ1) is 20.8. The molecule has 2 rings (SSSR count). The van der Waals surface area contributed by atoms with Gasteiger partial charge in [0.15, 0.2) is 0 Å². The van der Waals surface area contributed by atoms with Crippen LogP contribution in [-0.4, -0.2) is 47.7 Å². The van der Waals surface area contributed by atoms with Crippen molar-refractivity contribution in [3.63, 3.8) is 0 Å². The van der Waals surface area contributed by atoms with E-state index in [-0.39, 0.29) is 18.8 Å². The fraction of sp³-hybridized carbons (Fsp3) is 0.588. The lowest BCUT2D eigenvalue weighted by atomic mass is 10.1. The maximum atomic E-state index is 13.4. The topological polar surface area (TPSA) is 75.9 Å². The molecule has 1 amide bonds. The molecule has 0 radical (unpaired) electrons. The molecule has 0 N–H and O–H groups in total. The van der Waals surface area contributed by atoms with E-state index < -0.39 is 34.0 Å². The van der Waals surface area contributed by atoms with Crippen molar-refractivity contribution in [2.45, 2.75) is 39.0 Å². The minimum absolute atomic E-state index is 0.126. The first-order valence-corrected chi connectivity index (χ1v) is 8.47. The Labute approximate surface area is 154 Å². The van der Waals surface area contributed by atoms with Crippen LogP contribution in [-0.2, 0) is 10.9 Å². The molecule has 150 valence electrons. The summed E-state index contributed by atoms with van der Waals surface area (Å²) in [5.41, 5.74) is -2.46. The van der Waals surface area contributed by atoms with Crippen molar-refractivity contribution in [2.24, 2.45) is 0 Å². The molecular weight excluding hydrogens is 367 g/mol. The molecule has 1 aromatic rings. The largest absolute Gasteiger partial charge is 0.444 e. The van der Waals surface area contributed by atoms with Gasteiger partial charge in [-0.15, -0.1) is 0 Å². The van der Waals surface area contributed by atoms with Crippen molar-refractivity contribution >= 4 is 17.5 Å². The molecule has 0 unspecified atom stereocenters. The van der Waals surface area contributed by atoms with Gasteiger partial charge in [0.25, 0.3) is 5.69 Å². The summed E-state index contributed by atoms with van der Waals surface area (Å²) >= 11 is 0. The van der Waals surface area contributed by atoms with Gasteiger partial charge in [-0.1, -0.05) is 0 Å². The third kappa shape index (κ3) is 5.48. The predicted molar refractivity (Wildman–Crippen MR) is 92.7 cm³/mol. The van der Waals surface area contributed by atoms with Gasteiger partial charge in [0.2, 0.25) is 0 Å². The van der Waals surface area contributed by atoms with E-state index in [2.05, 4.69) is 0 Å². The zero-order valence-electron chi connectivity index (χ0n) is 15.4. The second-order valence-electron chi connectivity index (χ2n) is 7.26. The van der Waals surface area contributed by atoms with Gasteiger partial charge in [0, 0.05) is 44.0 Å². The SMILES string of the molecule is CC(C)(C)OC(=O)N1CCCN(c2ccc([N+](=O)[O-])cc2C(F)(F)F)CC1. The average molecular weight is 389 g/mol. The molecule has 1 heterocycles. The van der Waals surface area contributed by atoms with Crippen molar-refractivity contribution in [1.29, 1.82) is 0 Å². The number of rotatable bonds is 2. The summed E-state index contributed by atoms with van der Waals surface area (Å²) in [5.74, 6) is 0. The molecule has 1 fully saturated rings. The van der Waals surface area contributed by atoms with Gasteiger partial charge >= 0.3 is 12.3 Å². The Morgan fingerprint density at radius 1 is 1.15 bits per heavy atom. The molecule has 0 saturated carbocycles. The Morgan fingerprint density at radius 2 is 1.81 bits per heavy atom. The van der Waals surface area contributed by atoms with Gasteiger partial charge in [-0.3, -0.25) is 10.1 Å². The van der Waals surface area contributed by atoms with E-state index in [0.29, 0.717) is 25.6 Å². The quantitative estimate of drug-likeness (QED) is 0.563. The number of alkyl halides is 3. The average Bonchev–Trinajstić information content (AvgIpc) is 2.77. The Bertz CT molecular complexity index is 716. The van der Waals surface area contributed by atoms with E-state index in [0.717, 1.165) is 12.1 Å². The van der Waals surface area contributed by atoms with Crippen LogP contribution in [0.2, 0.25) is 0 Å². The van der Waals surface area contributed by atoms with Crippen molar-refractivity contribution in [2.75, 3.05) is 31.1 Å². The van der Waals surface area contributed by atoms with E-state index in [1.807, 2.05) is 0 Å². The number of hydrogen-bond acceptors (Lipinski definition) is 5. The summed E-state index contributed by atoms with van der Waals surface area (Å²) in [6.45, 7) is 6.23. The molecule has 0 aliphatic carbocycles. The van der Waals surface area contributed by atoms with Crippen LogP contribution in [0.25, 0.3) is 0 Å². The van der Waals surface area contributed by atoms with E-state index >= 15 is 0 Å². The van der Waals surface area contributed by atoms with Crippen LogP contribution >= 0.6 is 0 Å². The summed E-state index contributed by atoms with van der Waals surface area (Å²) in [4.78, 5) is 25.1. The number of ether oxygens (including phenoxy) is 1. The van der Waals surface area contributed by atoms with Crippen LogP contribution < -0.4 is 4.90 Å². The summed E-state index contributed by atoms with van der Waals surface area (Å²) in [6, 6.07) is 2.72. The highest BCUT2D eigenvalue weighted by Crippen LogP contribution is 2.39. The van der Waals surface area contributed by atoms with Gasteiger partial charge in [0.1, 0.15) is 5.60 Å². The monoisotopic (exact) mass is 389 g/mol. The molecule has 1 aliphatic rings. The van der Waals surface area contributed by atoms with E-state index in [4.69, 9.17) is 4.74 Å². The maximum absolute atomic E-state index is 13.4. The number of amides is 1. The minimum Gasteiger partial charge on any atom is -0.444 e. The predicted octanol–water partition coefficient (Wildman–Crippen LogP) is 4.06. The Morgan fingerprint density at radius 3 is 2.37 bits per heavy atom. The minimum atomic E-state index is -4.72. The van der Waals surface area contributed by atoms with E-state index in [9.17, 15) is 28.1 Å². The van der Waals surface area contributed by atoms with Crippen molar-refractivity contribution in [3.8, 4) is 0 Å². The third-order valence-corrected chi connectivity index (χ3v) is 3.98. The molecule has 0 bridgehead atoms. The Hall–Kier alpha value is -2.52. The lowest BCUT2D eigenvalue weighted by Crippen LogP contribution is -2.39. The molecule has 0 aromatic heterocycles. The van der Waals surface area contributed by atoms with Crippen LogP contribution in [0.4, 0.5) is 29.3 Å². The first-order chi connectivity index (χ1) is 12.4. The van der Waals surface area contributed by atoms with Crippen LogP contribution in [0, 0.1) is 10.1 Å². The fourth-order valence-electron chi connectivity index (χ4n) is 2.81. The highest BCUT2D eigenvalue weighted by atomic mass is 19.4. The number of anilines is 1. The number of non-ortho nitro benzene ring substituents is 1. The normalized spacial score (nSPS) is 16.1. The number of carbonyl (C=O) groups excluding carboxylic acids is 1. The smallest absolute Gasteiger partial charge is 0.418 e. The number of halogens is 3. The number of nitrogens with zero attached hydrogens (tertiary/aromatic N) is 3. The second kappa shape index (κ2) is 7.61. The number of nitro groups is 1. The van der Waals surface area contributed by atoms with Crippen LogP contribution in [0.15, 0.2) is 18.2 Å². The molecule has 1 saturated heterocycles.